The van der Waals surface area contributed by atoms with E-state index in [0.717, 1.165) is 17.3 Å². The van der Waals surface area contributed by atoms with Crippen LogP contribution in [0.3, 0.4) is 0 Å². The molecule has 0 aliphatic carbocycles. The molecule has 2 heterocycles. The number of hydrogen-bond acceptors (Lipinski definition) is 3. The zero-order chi connectivity index (χ0) is 16.4. The number of aryl methyl sites for hydroxylation is 1. The third-order valence-electron chi connectivity index (χ3n) is 3.31. The zero-order valence-electron chi connectivity index (χ0n) is 12.2. The molecule has 0 spiro atoms. The number of halogens is 2. The summed E-state index contributed by atoms with van der Waals surface area (Å²) in [4.78, 5) is 3.67. The second kappa shape index (κ2) is 6.82. The van der Waals surface area contributed by atoms with Crippen molar-refractivity contribution in [2.75, 3.05) is 4.72 Å². The molecule has 0 fully saturated rings. The highest BCUT2D eigenvalue weighted by molar-refractivity contribution is 7.86. The molecule has 0 bridgehead atoms. The Morgan fingerprint density at radius 1 is 1.48 bits per heavy atom. The van der Waals surface area contributed by atoms with Gasteiger partial charge in [-0.05, 0) is 18.6 Å². The van der Waals surface area contributed by atoms with Gasteiger partial charge in [-0.25, -0.2) is 8.89 Å². The van der Waals surface area contributed by atoms with Crippen LogP contribution in [0.5, 0.6) is 5.88 Å². The molecule has 6 nitrogen and oxygen atoms in total. The topological polar surface area (TPSA) is 71.9 Å². The first-order valence-corrected chi connectivity index (χ1v) is 8.77. The van der Waals surface area contributed by atoms with Crippen LogP contribution < -0.4 is 9.01 Å². The number of rotatable bonds is 6. The van der Waals surface area contributed by atoms with Gasteiger partial charge in [0.15, 0.2) is 11.0 Å². The van der Waals surface area contributed by atoms with E-state index in [1.165, 1.54) is 6.20 Å². The van der Waals surface area contributed by atoms with Crippen molar-refractivity contribution in [3.05, 3.63) is 35.6 Å². The third kappa shape index (κ3) is 3.17. The summed E-state index contributed by atoms with van der Waals surface area (Å²) in [5.41, 5.74) is 1.29. The van der Waals surface area contributed by atoms with Crippen molar-refractivity contribution in [3.63, 3.8) is 0 Å². The maximum Gasteiger partial charge on any atom is 0.259 e. The normalized spacial score (nSPS) is 12.5. The molecule has 2 aromatic heterocycles. The summed E-state index contributed by atoms with van der Waals surface area (Å²) in [7, 11) is -1.50. The maximum absolute atomic E-state index is 12.6. The lowest BCUT2D eigenvalue weighted by Crippen LogP contribution is -2.05. The van der Waals surface area contributed by atoms with E-state index >= 15 is 0 Å². The van der Waals surface area contributed by atoms with Gasteiger partial charge in [0.05, 0.1) is 11.1 Å². The summed E-state index contributed by atoms with van der Waals surface area (Å²) in [5, 5.41) is 5.61. The molecular weight excluding hydrogens is 359 g/mol. The van der Waals surface area contributed by atoms with Crippen molar-refractivity contribution < 1.29 is 8.50 Å². The fourth-order valence-electron chi connectivity index (χ4n) is 2.28. The summed E-state index contributed by atoms with van der Waals surface area (Å²) in [5.74, 6) is 0.338. The van der Waals surface area contributed by atoms with Crippen LogP contribution in [0.15, 0.2) is 35.5 Å². The zero-order valence-corrected chi connectivity index (χ0v) is 14.5. The standard InChI is InChI=1S/C14H14Cl2N4O2S/c1-2-5-20-14(22-16)12(7-18-20)19-23(21)13-8-17-11-6-9(15)3-4-10(11)13/h3-4,6-8,17,19H,2,5H2,1H3. The van der Waals surface area contributed by atoms with E-state index in [1.807, 2.05) is 13.0 Å². The van der Waals surface area contributed by atoms with E-state index < -0.39 is 11.0 Å². The molecule has 122 valence electrons. The molecule has 0 saturated heterocycles. The summed E-state index contributed by atoms with van der Waals surface area (Å²) < 4.78 is 22.0. The highest BCUT2D eigenvalue weighted by atomic mass is 35.5. The fraction of sp³-hybridized carbons (Fsp3) is 0.214. The Morgan fingerprint density at radius 2 is 2.30 bits per heavy atom. The van der Waals surface area contributed by atoms with E-state index in [0.29, 0.717) is 28.0 Å². The molecule has 0 saturated carbocycles. The fourth-order valence-corrected chi connectivity index (χ4v) is 3.60. The molecule has 1 aromatic carbocycles. The van der Waals surface area contributed by atoms with Crippen LogP contribution in [0.25, 0.3) is 10.9 Å². The molecule has 23 heavy (non-hydrogen) atoms. The molecule has 1 unspecified atom stereocenters. The predicted molar refractivity (Wildman–Crippen MR) is 92.3 cm³/mol. The van der Waals surface area contributed by atoms with Crippen molar-refractivity contribution >= 4 is 51.0 Å². The summed E-state index contributed by atoms with van der Waals surface area (Å²) in [6, 6.07) is 5.36. The SMILES string of the molecule is CCCn1ncc(NS(=O)c2c[nH]c3cc(Cl)ccc23)c1OCl. The average Bonchev–Trinajstić information content (AvgIpc) is 3.11. The molecule has 0 radical (unpaired) electrons. The Balaban J connectivity index is 1.89. The van der Waals surface area contributed by atoms with Crippen LogP contribution in [0.1, 0.15) is 13.3 Å². The Labute approximate surface area is 145 Å². The average molecular weight is 373 g/mol. The number of aromatic nitrogens is 3. The van der Waals surface area contributed by atoms with E-state index in [9.17, 15) is 4.21 Å². The van der Waals surface area contributed by atoms with Gasteiger partial charge < -0.3 is 9.27 Å². The minimum atomic E-state index is -1.50. The van der Waals surface area contributed by atoms with Gasteiger partial charge in [0.1, 0.15) is 17.6 Å². The van der Waals surface area contributed by atoms with Crippen LogP contribution in [-0.2, 0) is 17.5 Å². The Hall–Kier alpha value is -1.70. The monoisotopic (exact) mass is 372 g/mol. The Morgan fingerprint density at radius 3 is 3.04 bits per heavy atom. The van der Waals surface area contributed by atoms with Crippen molar-refractivity contribution in [2.24, 2.45) is 0 Å². The number of aromatic amines is 1. The summed E-state index contributed by atoms with van der Waals surface area (Å²) in [6.45, 7) is 2.67. The van der Waals surface area contributed by atoms with E-state index in [2.05, 4.69) is 14.8 Å². The van der Waals surface area contributed by atoms with Gasteiger partial charge in [-0.3, -0.25) is 4.72 Å². The first kappa shape index (κ1) is 16.2. The predicted octanol–water partition coefficient (Wildman–Crippen LogP) is 4.10. The number of benzene rings is 1. The molecule has 1 atom stereocenters. The van der Waals surface area contributed by atoms with Gasteiger partial charge in [0.25, 0.3) is 5.88 Å². The number of anilines is 1. The molecule has 0 aliphatic heterocycles. The molecular formula is C14H14Cl2N4O2S. The smallest absolute Gasteiger partial charge is 0.259 e. The van der Waals surface area contributed by atoms with Gasteiger partial charge >= 0.3 is 0 Å². The van der Waals surface area contributed by atoms with Crippen LogP contribution in [0.2, 0.25) is 5.02 Å². The summed E-state index contributed by atoms with van der Waals surface area (Å²) >= 11 is 11.5. The lowest BCUT2D eigenvalue weighted by Gasteiger charge is -2.06. The van der Waals surface area contributed by atoms with Crippen molar-refractivity contribution in [3.8, 4) is 5.88 Å². The number of nitrogens with zero attached hydrogens (tertiary/aromatic N) is 2. The number of nitrogens with one attached hydrogen (secondary N) is 2. The van der Waals surface area contributed by atoms with E-state index in [4.69, 9.17) is 27.8 Å². The molecule has 3 rings (SSSR count). The molecule has 0 aliphatic rings. The van der Waals surface area contributed by atoms with Crippen LogP contribution in [0.4, 0.5) is 5.69 Å². The minimum Gasteiger partial charge on any atom is -0.363 e. The Bertz CT molecular complexity index is 862. The highest BCUT2D eigenvalue weighted by Gasteiger charge is 2.17. The van der Waals surface area contributed by atoms with Crippen molar-refractivity contribution in [1.29, 1.82) is 0 Å². The first-order valence-electron chi connectivity index (χ1n) is 6.93. The van der Waals surface area contributed by atoms with Crippen molar-refractivity contribution in [2.45, 2.75) is 24.8 Å². The lowest BCUT2D eigenvalue weighted by molar-refractivity contribution is 0.486. The third-order valence-corrected chi connectivity index (χ3v) is 4.83. The maximum atomic E-state index is 12.6. The van der Waals surface area contributed by atoms with Gasteiger partial charge in [0, 0.05) is 28.7 Å². The quantitative estimate of drug-likeness (QED) is 0.684. The summed E-state index contributed by atoms with van der Waals surface area (Å²) in [6.07, 6.45) is 4.10. The van der Waals surface area contributed by atoms with Crippen molar-refractivity contribution in [1.82, 2.24) is 14.8 Å². The minimum absolute atomic E-state index is 0.338. The molecule has 2 N–H and O–H groups in total. The Kier molecular flexibility index (Phi) is 4.79. The largest absolute Gasteiger partial charge is 0.363 e. The van der Waals surface area contributed by atoms with Crippen LogP contribution in [-0.4, -0.2) is 19.0 Å². The van der Waals surface area contributed by atoms with E-state index in [-0.39, 0.29) is 0 Å². The first-order chi connectivity index (χ1) is 11.1. The van der Waals surface area contributed by atoms with Gasteiger partial charge in [0.2, 0.25) is 0 Å². The highest BCUT2D eigenvalue weighted by Crippen LogP contribution is 2.29. The van der Waals surface area contributed by atoms with Gasteiger partial charge in [-0.2, -0.15) is 5.10 Å². The van der Waals surface area contributed by atoms with Gasteiger partial charge in [-0.15, -0.1) is 0 Å². The van der Waals surface area contributed by atoms with E-state index in [1.54, 1.807) is 23.0 Å². The van der Waals surface area contributed by atoms with Crippen LogP contribution in [0, 0.1) is 0 Å². The van der Waals surface area contributed by atoms with Crippen LogP contribution >= 0.6 is 23.5 Å². The second-order valence-electron chi connectivity index (χ2n) is 4.88. The molecule has 9 heteroatoms. The number of H-pyrrole nitrogens is 1. The number of fused-ring (bicyclic) bond motifs is 1. The molecule has 0 amide bonds. The molecule has 3 aromatic rings. The van der Waals surface area contributed by atoms with Gasteiger partial charge in [-0.1, -0.05) is 24.6 Å². The number of hydrogen-bond donors (Lipinski definition) is 2. The lowest BCUT2D eigenvalue weighted by atomic mass is 10.2. The second-order valence-corrected chi connectivity index (χ2v) is 6.65.